The fraction of sp³-hybridized carbons (Fsp3) is 0.952. The summed E-state index contributed by atoms with van der Waals surface area (Å²) in [6, 6.07) is 0. The summed E-state index contributed by atoms with van der Waals surface area (Å²) >= 11 is 0. The minimum Gasteiger partial charge on any atom is -0.462 e. The Morgan fingerprint density at radius 2 is 0.495 bits per heavy atom. The largest absolute Gasteiger partial charge is 0.472 e. The minimum atomic E-state index is -4.96. The highest BCUT2D eigenvalue weighted by atomic mass is 31.2. The number of hydrogen-bond acceptors (Lipinski definition) is 15. The van der Waals surface area contributed by atoms with Crippen molar-refractivity contribution >= 4 is 39.5 Å². The predicted molar refractivity (Wildman–Crippen MR) is 423 cm³/mol. The Labute approximate surface area is 632 Å². The molecule has 0 aromatic heterocycles. The molecule has 0 bridgehead atoms. The molecular formula is C84H164O17P2. The standard InChI is InChI=1S/C84H164O17P2/c1-8-10-11-12-13-14-15-16-17-18-19-20-21-25-28-31-34-37-43-51-58-65-81(86)94-71-79(100-83(88)67-60-53-44-38-35-32-29-26-23-22-24-27-30-33-36-41-48-55-62-75(3)4)73-98-102(90,91)96-69-78(85)70-97-103(92,93)99-74-80(72-95-82(87)66-59-52-47-46-50-57-64-77(7)9-2)101-84(89)68-61-54-45-40-39-42-49-56-63-76(5)6/h75-80,85H,8-74H2,1-7H3,(H,90,91)(H,92,93)/t77?,78-,79-,80-/m1/s1. The second-order valence-electron chi connectivity index (χ2n) is 31.4. The van der Waals surface area contributed by atoms with Crippen LogP contribution in [0.3, 0.4) is 0 Å². The van der Waals surface area contributed by atoms with Gasteiger partial charge in [-0.3, -0.25) is 37.3 Å². The molecule has 0 rings (SSSR count). The first-order chi connectivity index (χ1) is 49.8. The van der Waals surface area contributed by atoms with Gasteiger partial charge in [0, 0.05) is 25.7 Å². The molecular weight excluding hydrogens is 1340 g/mol. The van der Waals surface area contributed by atoms with Gasteiger partial charge in [0.1, 0.15) is 19.3 Å². The van der Waals surface area contributed by atoms with Gasteiger partial charge >= 0.3 is 39.5 Å². The molecule has 0 saturated carbocycles. The van der Waals surface area contributed by atoms with E-state index in [-0.39, 0.29) is 25.7 Å². The van der Waals surface area contributed by atoms with Crippen molar-refractivity contribution in [2.45, 2.75) is 458 Å². The van der Waals surface area contributed by atoms with Crippen LogP contribution in [0.5, 0.6) is 0 Å². The van der Waals surface area contributed by atoms with Crippen molar-refractivity contribution in [3.8, 4) is 0 Å². The molecule has 3 N–H and O–H groups in total. The van der Waals surface area contributed by atoms with Crippen LogP contribution < -0.4 is 0 Å². The number of ether oxygens (including phenoxy) is 4. The van der Waals surface area contributed by atoms with E-state index in [1.54, 1.807) is 0 Å². The normalized spacial score (nSPS) is 14.2. The first-order valence-electron chi connectivity index (χ1n) is 43.4. The van der Waals surface area contributed by atoms with Crippen LogP contribution in [0, 0.1) is 17.8 Å². The van der Waals surface area contributed by atoms with Gasteiger partial charge in [-0.2, -0.15) is 0 Å². The topological polar surface area (TPSA) is 237 Å². The molecule has 0 aliphatic heterocycles. The Kier molecular flexibility index (Phi) is 72.8. The molecule has 0 amide bonds. The van der Waals surface area contributed by atoms with Crippen LogP contribution in [-0.2, 0) is 65.4 Å². The second kappa shape index (κ2) is 74.2. The van der Waals surface area contributed by atoms with Crippen LogP contribution in [0.15, 0.2) is 0 Å². The lowest BCUT2D eigenvalue weighted by Gasteiger charge is -2.21. The summed E-state index contributed by atoms with van der Waals surface area (Å²) in [5.74, 6) is 0.157. The molecule has 103 heavy (non-hydrogen) atoms. The van der Waals surface area contributed by atoms with E-state index in [2.05, 4.69) is 48.5 Å². The minimum absolute atomic E-state index is 0.104. The molecule has 0 radical (unpaired) electrons. The number of carbonyl (C=O) groups is 4. The van der Waals surface area contributed by atoms with Gasteiger partial charge in [0.25, 0.3) is 0 Å². The second-order valence-corrected chi connectivity index (χ2v) is 34.3. The molecule has 0 aliphatic carbocycles. The van der Waals surface area contributed by atoms with Gasteiger partial charge in [-0.1, -0.05) is 389 Å². The first kappa shape index (κ1) is 101. The zero-order valence-corrected chi connectivity index (χ0v) is 69.6. The highest BCUT2D eigenvalue weighted by Crippen LogP contribution is 2.45. The van der Waals surface area contributed by atoms with Crippen molar-refractivity contribution < 1.29 is 80.2 Å². The third kappa shape index (κ3) is 76.6. The Bertz CT molecular complexity index is 1990. The van der Waals surface area contributed by atoms with Crippen molar-refractivity contribution in [3.63, 3.8) is 0 Å². The van der Waals surface area contributed by atoms with E-state index in [0.29, 0.717) is 25.7 Å². The molecule has 6 atom stereocenters. The van der Waals surface area contributed by atoms with Crippen molar-refractivity contribution in [2.24, 2.45) is 17.8 Å². The number of esters is 4. The maximum absolute atomic E-state index is 13.1. The Hall–Kier alpha value is -1.94. The fourth-order valence-electron chi connectivity index (χ4n) is 13.0. The molecule has 0 aromatic carbocycles. The lowest BCUT2D eigenvalue weighted by atomic mass is 10.00. The highest BCUT2D eigenvalue weighted by Gasteiger charge is 2.30. The van der Waals surface area contributed by atoms with E-state index >= 15 is 0 Å². The number of phosphoric ester groups is 2. The highest BCUT2D eigenvalue weighted by molar-refractivity contribution is 7.47. The third-order valence-electron chi connectivity index (χ3n) is 20.0. The smallest absolute Gasteiger partial charge is 0.462 e. The van der Waals surface area contributed by atoms with Crippen molar-refractivity contribution in [1.29, 1.82) is 0 Å². The van der Waals surface area contributed by atoms with E-state index in [1.807, 2.05) is 0 Å². The molecule has 0 aliphatic rings. The van der Waals surface area contributed by atoms with Gasteiger partial charge in [0.15, 0.2) is 12.2 Å². The molecule has 0 saturated heterocycles. The summed E-state index contributed by atoms with van der Waals surface area (Å²) in [6.07, 6.45) is 64.2. The zero-order chi connectivity index (χ0) is 75.8. The van der Waals surface area contributed by atoms with Gasteiger partial charge in [0.05, 0.1) is 26.4 Å². The number of aliphatic hydroxyl groups excluding tert-OH is 1. The summed E-state index contributed by atoms with van der Waals surface area (Å²) in [5, 5.41) is 10.6. The van der Waals surface area contributed by atoms with Crippen LogP contribution in [0.1, 0.15) is 440 Å². The number of rotatable bonds is 82. The van der Waals surface area contributed by atoms with E-state index in [1.165, 1.54) is 244 Å². The number of carbonyl (C=O) groups excluding carboxylic acids is 4. The molecule has 0 aromatic rings. The Balaban J connectivity index is 5.19. The lowest BCUT2D eigenvalue weighted by Crippen LogP contribution is -2.30. The maximum atomic E-state index is 13.1. The molecule has 0 fully saturated rings. The summed E-state index contributed by atoms with van der Waals surface area (Å²) in [6.45, 7) is 11.9. The Morgan fingerprint density at radius 3 is 0.738 bits per heavy atom. The molecule has 17 nitrogen and oxygen atoms in total. The van der Waals surface area contributed by atoms with Crippen LogP contribution in [-0.4, -0.2) is 96.7 Å². The van der Waals surface area contributed by atoms with E-state index in [9.17, 15) is 43.2 Å². The van der Waals surface area contributed by atoms with Crippen LogP contribution in [0.2, 0.25) is 0 Å². The lowest BCUT2D eigenvalue weighted by molar-refractivity contribution is -0.161. The molecule has 3 unspecified atom stereocenters. The number of phosphoric acid groups is 2. The number of unbranched alkanes of at least 4 members (excludes halogenated alkanes) is 49. The van der Waals surface area contributed by atoms with E-state index in [4.69, 9.17) is 37.0 Å². The van der Waals surface area contributed by atoms with Crippen LogP contribution in [0.25, 0.3) is 0 Å². The van der Waals surface area contributed by atoms with Crippen molar-refractivity contribution in [1.82, 2.24) is 0 Å². The van der Waals surface area contributed by atoms with Gasteiger partial charge in [-0.25, -0.2) is 9.13 Å². The van der Waals surface area contributed by atoms with E-state index in [0.717, 1.165) is 114 Å². The summed E-state index contributed by atoms with van der Waals surface area (Å²) < 4.78 is 68.7. The Morgan fingerprint density at radius 1 is 0.282 bits per heavy atom. The molecule has 19 heteroatoms. The average Bonchev–Trinajstić information content (AvgIpc) is 0.909. The summed E-state index contributed by atoms with van der Waals surface area (Å²) in [4.78, 5) is 73.0. The zero-order valence-electron chi connectivity index (χ0n) is 67.8. The van der Waals surface area contributed by atoms with Crippen molar-refractivity contribution in [2.75, 3.05) is 39.6 Å². The van der Waals surface area contributed by atoms with Crippen LogP contribution in [0.4, 0.5) is 0 Å². The van der Waals surface area contributed by atoms with Gasteiger partial charge < -0.3 is 33.8 Å². The van der Waals surface area contributed by atoms with Gasteiger partial charge in [0.2, 0.25) is 0 Å². The number of aliphatic hydroxyl groups is 1. The van der Waals surface area contributed by atoms with Gasteiger partial charge in [-0.15, -0.1) is 0 Å². The molecule has 0 heterocycles. The SMILES string of the molecule is CCCCCCCCCCCCCCCCCCCCCCCC(=O)OC[C@H](COP(=O)(O)OC[C@@H](O)COP(=O)(O)OC[C@@H](COC(=O)CCCCCCCCC(C)CC)OC(=O)CCCCCCCCCCC(C)C)OC(=O)CCCCCCCCCCCCCCCCCCCCC(C)C. The fourth-order valence-corrected chi connectivity index (χ4v) is 14.6. The van der Waals surface area contributed by atoms with Gasteiger partial charge in [-0.05, 0) is 43.4 Å². The monoisotopic (exact) mass is 1510 g/mol. The molecule has 612 valence electrons. The van der Waals surface area contributed by atoms with Crippen molar-refractivity contribution in [3.05, 3.63) is 0 Å². The maximum Gasteiger partial charge on any atom is 0.472 e. The average molecular weight is 1510 g/mol. The predicted octanol–water partition coefficient (Wildman–Crippen LogP) is 25.3. The summed E-state index contributed by atoms with van der Waals surface area (Å²) in [7, 11) is -9.92. The first-order valence-corrected chi connectivity index (χ1v) is 46.4. The molecule has 0 spiro atoms. The van der Waals surface area contributed by atoms with E-state index < -0.39 is 97.5 Å². The quantitative estimate of drug-likeness (QED) is 0.0222. The van der Waals surface area contributed by atoms with Crippen LogP contribution >= 0.6 is 15.6 Å². The third-order valence-corrected chi connectivity index (χ3v) is 21.9. The summed E-state index contributed by atoms with van der Waals surface area (Å²) in [5.41, 5.74) is 0. The number of hydrogen-bond donors (Lipinski definition) is 3.